The van der Waals surface area contributed by atoms with Crippen LogP contribution in [0.25, 0.3) is 0 Å². The molecule has 1 aliphatic heterocycles. The molecule has 19 heavy (non-hydrogen) atoms. The lowest BCUT2D eigenvalue weighted by molar-refractivity contribution is -0.121. The zero-order chi connectivity index (χ0) is 13.7. The van der Waals surface area contributed by atoms with Crippen molar-refractivity contribution in [2.24, 2.45) is 0 Å². The largest absolute Gasteiger partial charge is 0.390 e. The molecule has 0 bridgehead atoms. The Labute approximate surface area is 111 Å². The maximum atomic E-state index is 11.7. The van der Waals surface area contributed by atoms with Gasteiger partial charge in [-0.1, -0.05) is 12.1 Å². The molecule has 7 nitrogen and oxygen atoms in total. The van der Waals surface area contributed by atoms with E-state index in [-0.39, 0.29) is 25.2 Å². The summed E-state index contributed by atoms with van der Waals surface area (Å²) in [6.45, 7) is 3.27. The summed E-state index contributed by atoms with van der Waals surface area (Å²) < 4.78 is 7.13. The van der Waals surface area contributed by atoms with Gasteiger partial charge in [0.25, 0.3) is 0 Å². The highest BCUT2D eigenvalue weighted by Gasteiger charge is 2.26. The second-order valence-corrected chi connectivity index (χ2v) is 4.59. The number of rotatable bonds is 6. The molecule has 1 aliphatic rings. The molecular formula is C12H20N4O3. The Bertz CT molecular complexity index is 427. The fourth-order valence-corrected chi connectivity index (χ4v) is 2.19. The van der Waals surface area contributed by atoms with Gasteiger partial charge in [0.2, 0.25) is 5.91 Å². The number of carbonyl (C=O) groups is 1. The Morgan fingerprint density at radius 2 is 2.47 bits per heavy atom. The molecule has 1 atom stereocenters. The van der Waals surface area contributed by atoms with E-state index in [0.717, 1.165) is 25.0 Å². The third kappa shape index (κ3) is 3.30. The van der Waals surface area contributed by atoms with Crippen molar-refractivity contribution >= 4 is 5.91 Å². The molecule has 2 rings (SSSR count). The number of aliphatic hydroxyl groups excluding tert-OH is 1. The Kier molecular flexibility index (Phi) is 4.86. The lowest BCUT2D eigenvalue weighted by atomic mass is 10.1. The molecule has 1 saturated heterocycles. The van der Waals surface area contributed by atoms with Crippen LogP contribution in [0.1, 0.15) is 43.7 Å². The van der Waals surface area contributed by atoms with E-state index in [4.69, 9.17) is 4.74 Å². The summed E-state index contributed by atoms with van der Waals surface area (Å²) in [5.74, 6) is -0.101. The van der Waals surface area contributed by atoms with Gasteiger partial charge in [0.1, 0.15) is 18.3 Å². The van der Waals surface area contributed by atoms with Gasteiger partial charge in [-0.25, -0.2) is 4.68 Å². The molecule has 1 aromatic rings. The van der Waals surface area contributed by atoms with Crippen LogP contribution in [-0.4, -0.2) is 39.2 Å². The van der Waals surface area contributed by atoms with Gasteiger partial charge >= 0.3 is 0 Å². The third-order valence-corrected chi connectivity index (χ3v) is 3.10. The lowest BCUT2D eigenvalue weighted by Gasteiger charge is -2.13. The minimum atomic E-state index is -0.189. The Hall–Kier alpha value is -1.47. The van der Waals surface area contributed by atoms with Crippen molar-refractivity contribution < 1.29 is 14.6 Å². The summed E-state index contributed by atoms with van der Waals surface area (Å²) in [7, 11) is 0. The Balaban J connectivity index is 2.11. The van der Waals surface area contributed by atoms with Gasteiger partial charge in [-0.05, 0) is 19.3 Å². The summed E-state index contributed by atoms with van der Waals surface area (Å²) in [6, 6.07) is 0. The Morgan fingerprint density at radius 3 is 3.11 bits per heavy atom. The van der Waals surface area contributed by atoms with Crippen LogP contribution in [0.5, 0.6) is 0 Å². The minimum absolute atomic E-state index is 0.101. The normalized spacial score (nSPS) is 18.7. The number of aliphatic hydroxyl groups is 1. The van der Waals surface area contributed by atoms with E-state index in [2.05, 4.69) is 15.6 Å². The zero-order valence-corrected chi connectivity index (χ0v) is 11.1. The van der Waals surface area contributed by atoms with Crippen molar-refractivity contribution in [3.8, 4) is 0 Å². The summed E-state index contributed by atoms with van der Waals surface area (Å²) in [5, 5.41) is 20.0. The first-order valence-electron chi connectivity index (χ1n) is 6.67. The van der Waals surface area contributed by atoms with Crippen molar-refractivity contribution in [2.45, 2.75) is 45.4 Å². The van der Waals surface area contributed by atoms with Crippen LogP contribution in [0.15, 0.2) is 0 Å². The topological polar surface area (TPSA) is 89.3 Å². The SMILES string of the molecule is CCCNC(=O)Cn1nnc(CO)c1C1CCCO1. The number of hydrogen-bond acceptors (Lipinski definition) is 5. The van der Waals surface area contributed by atoms with Crippen LogP contribution >= 0.6 is 0 Å². The first-order chi connectivity index (χ1) is 9.26. The smallest absolute Gasteiger partial charge is 0.241 e. The minimum Gasteiger partial charge on any atom is -0.390 e. The van der Waals surface area contributed by atoms with Gasteiger partial charge in [0.05, 0.1) is 12.3 Å². The van der Waals surface area contributed by atoms with E-state index in [1.807, 2.05) is 6.92 Å². The Morgan fingerprint density at radius 1 is 1.63 bits per heavy atom. The standard InChI is InChI=1S/C12H20N4O3/c1-2-5-13-11(18)7-16-12(9(8-17)14-15-16)10-4-3-6-19-10/h10,17H,2-8H2,1H3,(H,13,18). The number of nitrogens with zero attached hydrogens (tertiary/aromatic N) is 3. The van der Waals surface area contributed by atoms with E-state index < -0.39 is 0 Å². The van der Waals surface area contributed by atoms with Crippen molar-refractivity contribution in [1.29, 1.82) is 0 Å². The molecule has 1 aromatic heterocycles. The zero-order valence-electron chi connectivity index (χ0n) is 11.1. The fourth-order valence-electron chi connectivity index (χ4n) is 2.19. The summed E-state index contributed by atoms with van der Waals surface area (Å²) in [5.41, 5.74) is 1.22. The number of hydrogen-bond donors (Lipinski definition) is 2. The molecule has 106 valence electrons. The number of nitrogens with one attached hydrogen (secondary N) is 1. The maximum absolute atomic E-state index is 11.7. The molecule has 1 unspecified atom stereocenters. The number of aromatic nitrogens is 3. The van der Waals surface area contributed by atoms with Crippen LogP contribution in [0.3, 0.4) is 0 Å². The molecule has 0 spiro atoms. The van der Waals surface area contributed by atoms with Crippen molar-refractivity contribution in [3.63, 3.8) is 0 Å². The first-order valence-corrected chi connectivity index (χ1v) is 6.67. The van der Waals surface area contributed by atoms with Gasteiger partial charge < -0.3 is 15.2 Å². The molecule has 2 N–H and O–H groups in total. The fraction of sp³-hybridized carbons (Fsp3) is 0.750. The highest BCUT2D eigenvalue weighted by atomic mass is 16.5. The van der Waals surface area contributed by atoms with E-state index in [0.29, 0.717) is 18.8 Å². The van der Waals surface area contributed by atoms with Gasteiger partial charge in [-0.3, -0.25) is 4.79 Å². The van der Waals surface area contributed by atoms with Crippen molar-refractivity contribution in [3.05, 3.63) is 11.4 Å². The van der Waals surface area contributed by atoms with Crippen molar-refractivity contribution in [1.82, 2.24) is 20.3 Å². The van der Waals surface area contributed by atoms with E-state index in [1.54, 1.807) is 0 Å². The van der Waals surface area contributed by atoms with Crippen LogP contribution in [-0.2, 0) is 22.7 Å². The molecule has 0 radical (unpaired) electrons. The molecule has 2 heterocycles. The third-order valence-electron chi connectivity index (χ3n) is 3.10. The van der Waals surface area contributed by atoms with Crippen molar-refractivity contribution in [2.75, 3.05) is 13.2 Å². The van der Waals surface area contributed by atoms with Gasteiger partial charge in [-0.15, -0.1) is 5.10 Å². The van der Waals surface area contributed by atoms with E-state index in [1.165, 1.54) is 4.68 Å². The van der Waals surface area contributed by atoms with Gasteiger partial charge in [-0.2, -0.15) is 0 Å². The van der Waals surface area contributed by atoms with Gasteiger partial charge in [0.15, 0.2) is 0 Å². The highest BCUT2D eigenvalue weighted by Crippen LogP contribution is 2.29. The quantitative estimate of drug-likeness (QED) is 0.766. The summed E-state index contributed by atoms with van der Waals surface area (Å²) in [4.78, 5) is 11.7. The second-order valence-electron chi connectivity index (χ2n) is 4.59. The molecular weight excluding hydrogens is 248 g/mol. The molecule has 1 amide bonds. The second kappa shape index (κ2) is 6.63. The predicted octanol–water partition coefficient (Wildman–Crippen LogP) is 0.148. The monoisotopic (exact) mass is 268 g/mol. The van der Waals surface area contributed by atoms with E-state index in [9.17, 15) is 9.90 Å². The molecule has 0 aliphatic carbocycles. The molecule has 1 fully saturated rings. The van der Waals surface area contributed by atoms with E-state index >= 15 is 0 Å². The van der Waals surface area contributed by atoms with Crippen LogP contribution in [0.2, 0.25) is 0 Å². The molecule has 0 saturated carbocycles. The number of ether oxygens (including phenoxy) is 1. The van der Waals surface area contributed by atoms with Gasteiger partial charge in [0, 0.05) is 13.2 Å². The average Bonchev–Trinajstić information content (AvgIpc) is 3.04. The number of carbonyl (C=O) groups excluding carboxylic acids is 1. The lowest BCUT2D eigenvalue weighted by Crippen LogP contribution is -2.29. The van der Waals surface area contributed by atoms with Crippen LogP contribution < -0.4 is 5.32 Å². The maximum Gasteiger partial charge on any atom is 0.241 e. The number of amides is 1. The van der Waals surface area contributed by atoms with Crippen LogP contribution in [0, 0.1) is 0 Å². The first kappa shape index (κ1) is 14.0. The summed E-state index contributed by atoms with van der Waals surface area (Å²) >= 11 is 0. The average molecular weight is 268 g/mol. The highest BCUT2D eigenvalue weighted by molar-refractivity contribution is 5.75. The van der Waals surface area contributed by atoms with Crippen LogP contribution in [0.4, 0.5) is 0 Å². The summed E-state index contributed by atoms with van der Waals surface area (Å²) in [6.07, 6.45) is 2.62. The molecule has 7 heteroatoms. The molecule has 0 aromatic carbocycles. The predicted molar refractivity (Wildman–Crippen MR) is 67.2 cm³/mol.